The summed E-state index contributed by atoms with van der Waals surface area (Å²) in [5.41, 5.74) is 2.22. The van der Waals surface area contributed by atoms with E-state index < -0.39 is 0 Å². The lowest BCUT2D eigenvalue weighted by Gasteiger charge is -1.96. The summed E-state index contributed by atoms with van der Waals surface area (Å²) in [7, 11) is 0. The van der Waals surface area contributed by atoms with Gasteiger partial charge in [-0.05, 0) is 48.5 Å². The van der Waals surface area contributed by atoms with Crippen LogP contribution in [-0.4, -0.2) is 19.7 Å². The van der Waals surface area contributed by atoms with Gasteiger partial charge in [-0.25, -0.2) is 4.39 Å². The minimum Gasteiger partial charge on any atom is -0.508 e. The number of aromatic nitrogens is 3. The molecule has 0 bridgehead atoms. The molecule has 0 saturated heterocycles. The van der Waals surface area contributed by atoms with Crippen LogP contribution in [0.25, 0.3) is 28.6 Å². The van der Waals surface area contributed by atoms with E-state index >= 15 is 0 Å². The Kier molecular flexibility index (Phi) is 2.69. The Balaban J connectivity index is 1.73. The first-order valence-electron chi connectivity index (χ1n) is 6.60. The maximum Gasteiger partial charge on any atom is 0.325 e. The second kappa shape index (κ2) is 4.70. The molecule has 2 aromatic carbocycles. The van der Waals surface area contributed by atoms with E-state index in [-0.39, 0.29) is 11.6 Å². The zero-order valence-corrected chi connectivity index (χ0v) is 11.3. The third kappa shape index (κ3) is 2.10. The molecule has 2 aromatic heterocycles. The van der Waals surface area contributed by atoms with Crippen LogP contribution in [-0.2, 0) is 0 Å². The van der Waals surface area contributed by atoms with E-state index in [0.717, 1.165) is 5.56 Å². The summed E-state index contributed by atoms with van der Waals surface area (Å²) in [4.78, 5) is 4.35. The number of halogens is 1. The van der Waals surface area contributed by atoms with Crippen molar-refractivity contribution in [2.45, 2.75) is 0 Å². The molecule has 0 amide bonds. The second-order valence-electron chi connectivity index (χ2n) is 4.81. The molecule has 0 aliphatic carbocycles. The standard InChI is InChI=1S/C16H10FN3O2/c17-12-5-1-11(2-6-12)15-19-20-9-14(18-16(20)22-15)10-3-7-13(21)8-4-10/h1-9,21H. The van der Waals surface area contributed by atoms with Crippen LogP contribution in [0.4, 0.5) is 4.39 Å². The Labute approximate surface area is 124 Å². The number of aromatic hydroxyl groups is 1. The van der Waals surface area contributed by atoms with Crippen molar-refractivity contribution in [1.29, 1.82) is 0 Å². The van der Waals surface area contributed by atoms with Crippen molar-refractivity contribution in [3.63, 3.8) is 0 Å². The first kappa shape index (κ1) is 12.6. The fourth-order valence-corrected chi connectivity index (χ4v) is 2.18. The molecule has 0 radical (unpaired) electrons. The molecular weight excluding hydrogens is 285 g/mol. The van der Waals surface area contributed by atoms with Crippen LogP contribution >= 0.6 is 0 Å². The molecule has 0 atom stereocenters. The van der Waals surface area contributed by atoms with Crippen LogP contribution in [0, 0.1) is 5.82 Å². The van der Waals surface area contributed by atoms with E-state index in [4.69, 9.17) is 4.42 Å². The van der Waals surface area contributed by atoms with Gasteiger partial charge in [0, 0.05) is 11.1 Å². The molecule has 0 aliphatic heterocycles. The highest BCUT2D eigenvalue weighted by molar-refractivity contribution is 5.62. The first-order valence-corrected chi connectivity index (χ1v) is 6.60. The summed E-state index contributed by atoms with van der Waals surface area (Å²) in [6.45, 7) is 0. The largest absolute Gasteiger partial charge is 0.508 e. The summed E-state index contributed by atoms with van der Waals surface area (Å²) in [5.74, 6) is 0.611. The Bertz CT molecular complexity index is 833. The van der Waals surface area contributed by atoms with Crippen LogP contribution in [0.1, 0.15) is 0 Å². The number of rotatable bonds is 2. The van der Waals surface area contributed by atoms with Crippen LogP contribution in [0.2, 0.25) is 0 Å². The lowest BCUT2D eigenvalue weighted by atomic mass is 10.2. The summed E-state index contributed by atoms with van der Waals surface area (Å²) >= 11 is 0. The third-order valence-electron chi connectivity index (χ3n) is 3.30. The lowest BCUT2D eigenvalue weighted by molar-refractivity contribution is 0.475. The average Bonchev–Trinajstić information content (AvgIpc) is 3.07. The molecule has 0 saturated carbocycles. The summed E-state index contributed by atoms with van der Waals surface area (Å²) in [5, 5.41) is 13.6. The molecule has 0 fully saturated rings. The second-order valence-corrected chi connectivity index (χ2v) is 4.81. The van der Waals surface area contributed by atoms with Crippen molar-refractivity contribution in [1.82, 2.24) is 14.6 Å². The number of imidazole rings is 1. The maximum absolute atomic E-state index is 12.9. The summed E-state index contributed by atoms with van der Waals surface area (Å²) in [6, 6.07) is 12.6. The quantitative estimate of drug-likeness (QED) is 0.614. The molecule has 2 heterocycles. The average molecular weight is 295 g/mol. The highest BCUT2D eigenvalue weighted by Crippen LogP contribution is 2.24. The molecule has 108 valence electrons. The van der Waals surface area contributed by atoms with E-state index in [2.05, 4.69) is 10.1 Å². The normalized spacial score (nSPS) is 11.1. The Morgan fingerprint density at radius 1 is 0.955 bits per heavy atom. The monoisotopic (exact) mass is 295 g/mol. The van der Waals surface area contributed by atoms with Gasteiger partial charge in [0.2, 0.25) is 5.89 Å². The summed E-state index contributed by atoms with van der Waals surface area (Å²) < 4.78 is 20.0. The molecular formula is C16H10FN3O2. The fourth-order valence-electron chi connectivity index (χ4n) is 2.18. The minimum absolute atomic E-state index is 0.198. The number of nitrogens with zero attached hydrogens (tertiary/aromatic N) is 3. The SMILES string of the molecule is Oc1ccc(-c2cn3nc(-c4ccc(F)cc4)oc3n2)cc1. The van der Waals surface area contributed by atoms with Crippen molar-refractivity contribution in [3.8, 4) is 28.5 Å². The van der Waals surface area contributed by atoms with E-state index in [9.17, 15) is 9.50 Å². The molecule has 22 heavy (non-hydrogen) atoms. The van der Waals surface area contributed by atoms with Gasteiger partial charge in [-0.1, -0.05) is 0 Å². The van der Waals surface area contributed by atoms with Crippen LogP contribution in [0.15, 0.2) is 59.1 Å². The predicted octanol–water partition coefficient (Wildman–Crippen LogP) is 3.50. The number of fused-ring (bicyclic) bond motifs is 1. The van der Waals surface area contributed by atoms with Gasteiger partial charge in [0.15, 0.2) is 0 Å². The number of hydrogen-bond donors (Lipinski definition) is 1. The van der Waals surface area contributed by atoms with Gasteiger partial charge >= 0.3 is 5.84 Å². The minimum atomic E-state index is -0.310. The van der Waals surface area contributed by atoms with Gasteiger partial charge in [0.25, 0.3) is 0 Å². The van der Waals surface area contributed by atoms with E-state index in [1.54, 1.807) is 42.6 Å². The highest BCUT2D eigenvalue weighted by atomic mass is 19.1. The number of hydrogen-bond acceptors (Lipinski definition) is 4. The number of benzene rings is 2. The van der Waals surface area contributed by atoms with E-state index in [1.165, 1.54) is 16.6 Å². The van der Waals surface area contributed by atoms with Crippen molar-refractivity contribution >= 4 is 5.84 Å². The van der Waals surface area contributed by atoms with Crippen molar-refractivity contribution in [3.05, 3.63) is 60.5 Å². The number of phenols is 1. The molecule has 5 nitrogen and oxygen atoms in total. The maximum atomic E-state index is 12.9. The van der Waals surface area contributed by atoms with Gasteiger partial charge in [0.05, 0.1) is 11.9 Å². The van der Waals surface area contributed by atoms with Gasteiger partial charge in [-0.2, -0.15) is 9.50 Å². The zero-order chi connectivity index (χ0) is 15.1. The van der Waals surface area contributed by atoms with E-state index in [0.29, 0.717) is 23.0 Å². The fraction of sp³-hybridized carbons (Fsp3) is 0. The van der Waals surface area contributed by atoms with Crippen molar-refractivity contribution in [2.24, 2.45) is 0 Å². The zero-order valence-electron chi connectivity index (χ0n) is 11.3. The van der Waals surface area contributed by atoms with Crippen molar-refractivity contribution < 1.29 is 13.9 Å². The molecule has 6 heteroatoms. The molecule has 1 N–H and O–H groups in total. The van der Waals surface area contributed by atoms with Gasteiger partial charge in [-0.15, -0.1) is 5.10 Å². The van der Waals surface area contributed by atoms with Crippen LogP contribution in [0.5, 0.6) is 5.75 Å². The summed E-state index contributed by atoms with van der Waals surface area (Å²) in [6.07, 6.45) is 1.73. The smallest absolute Gasteiger partial charge is 0.325 e. The van der Waals surface area contributed by atoms with Gasteiger partial charge in [-0.3, -0.25) is 0 Å². The van der Waals surface area contributed by atoms with Gasteiger partial charge < -0.3 is 9.52 Å². The van der Waals surface area contributed by atoms with Crippen LogP contribution in [0.3, 0.4) is 0 Å². The van der Waals surface area contributed by atoms with E-state index in [1.807, 2.05) is 0 Å². The Hall–Kier alpha value is -3.15. The van der Waals surface area contributed by atoms with Crippen molar-refractivity contribution in [2.75, 3.05) is 0 Å². The predicted molar refractivity (Wildman–Crippen MR) is 77.7 cm³/mol. The first-order chi connectivity index (χ1) is 10.7. The van der Waals surface area contributed by atoms with Crippen LogP contribution < -0.4 is 0 Å². The Morgan fingerprint density at radius 2 is 1.64 bits per heavy atom. The molecule has 0 spiro atoms. The topological polar surface area (TPSA) is 63.6 Å². The molecule has 0 aliphatic rings. The highest BCUT2D eigenvalue weighted by Gasteiger charge is 2.12. The number of phenolic OH excluding ortho intramolecular Hbond substituents is 1. The molecule has 4 rings (SSSR count). The van der Waals surface area contributed by atoms with Gasteiger partial charge in [0.1, 0.15) is 11.6 Å². The Morgan fingerprint density at radius 3 is 2.32 bits per heavy atom. The lowest BCUT2D eigenvalue weighted by Crippen LogP contribution is -1.83. The molecule has 0 unspecified atom stereocenters. The third-order valence-corrected chi connectivity index (χ3v) is 3.30. The molecule has 4 aromatic rings.